The van der Waals surface area contributed by atoms with Crippen LogP contribution in [0.5, 0.6) is 5.75 Å². The van der Waals surface area contributed by atoms with Gasteiger partial charge in [-0.2, -0.15) is 0 Å². The van der Waals surface area contributed by atoms with E-state index in [-0.39, 0.29) is 0 Å². The van der Waals surface area contributed by atoms with Gasteiger partial charge in [0.15, 0.2) is 0 Å². The van der Waals surface area contributed by atoms with Crippen LogP contribution < -0.4 is 10.1 Å². The fourth-order valence-corrected chi connectivity index (χ4v) is 2.10. The van der Waals surface area contributed by atoms with Crippen LogP contribution in [-0.4, -0.2) is 13.2 Å². The molecule has 1 aromatic rings. The molecular weight excluding hydrogens is 230 g/mol. The number of aryl methyl sites for hydroxylation is 1. The van der Waals surface area contributed by atoms with E-state index in [1.807, 2.05) is 19.3 Å². The van der Waals surface area contributed by atoms with E-state index in [0.717, 1.165) is 16.2 Å². The van der Waals surface area contributed by atoms with Crippen LogP contribution in [0, 0.1) is 6.92 Å². The Morgan fingerprint density at radius 1 is 1.47 bits per heavy atom. The molecule has 0 amide bonds. The van der Waals surface area contributed by atoms with E-state index in [2.05, 4.69) is 37.0 Å². The SMILES string of the molecule is CN/C=C(\S)c1ccc(OC2CCC2)c(C)c1. The second kappa shape index (κ2) is 5.50. The molecule has 1 saturated carbocycles. The molecule has 1 fully saturated rings. The Morgan fingerprint density at radius 2 is 2.24 bits per heavy atom. The van der Waals surface area contributed by atoms with Crippen LogP contribution in [0.4, 0.5) is 0 Å². The normalized spacial score (nSPS) is 16.5. The molecule has 1 aliphatic rings. The Morgan fingerprint density at radius 3 is 2.76 bits per heavy atom. The minimum absolute atomic E-state index is 0.433. The predicted octanol–water partition coefficient (Wildman–Crippen LogP) is 3.37. The molecule has 0 radical (unpaired) electrons. The molecule has 0 atom stereocenters. The third-order valence-electron chi connectivity index (χ3n) is 3.10. The van der Waals surface area contributed by atoms with Gasteiger partial charge in [0, 0.05) is 18.2 Å². The van der Waals surface area contributed by atoms with Crippen LogP contribution in [0.2, 0.25) is 0 Å². The van der Waals surface area contributed by atoms with Crippen molar-refractivity contribution in [2.45, 2.75) is 32.3 Å². The summed E-state index contributed by atoms with van der Waals surface area (Å²) in [5.41, 5.74) is 2.28. The number of rotatable bonds is 4. The van der Waals surface area contributed by atoms with Crippen molar-refractivity contribution in [2.24, 2.45) is 0 Å². The number of nitrogens with one attached hydrogen (secondary N) is 1. The number of thiol groups is 1. The summed E-state index contributed by atoms with van der Waals surface area (Å²) in [6.07, 6.45) is 6.00. The summed E-state index contributed by atoms with van der Waals surface area (Å²) in [7, 11) is 1.87. The molecule has 1 aromatic carbocycles. The molecule has 92 valence electrons. The summed E-state index contributed by atoms with van der Waals surface area (Å²) in [5.74, 6) is 1.00. The fraction of sp³-hybridized carbons (Fsp3) is 0.429. The first-order chi connectivity index (χ1) is 8.20. The average molecular weight is 249 g/mol. The molecule has 1 aliphatic carbocycles. The zero-order chi connectivity index (χ0) is 12.3. The first-order valence-corrected chi connectivity index (χ1v) is 6.49. The lowest BCUT2D eigenvalue weighted by atomic mass is 9.96. The van der Waals surface area contributed by atoms with Gasteiger partial charge in [-0.3, -0.25) is 0 Å². The lowest BCUT2D eigenvalue weighted by Gasteiger charge is -2.27. The van der Waals surface area contributed by atoms with Gasteiger partial charge >= 0.3 is 0 Å². The van der Waals surface area contributed by atoms with E-state index >= 15 is 0 Å². The second-order valence-electron chi connectivity index (χ2n) is 4.47. The fourth-order valence-electron chi connectivity index (χ4n) is 1.83. The van der Waals surface area contributed by atoms with Gasteiger partial charge in [0.1, 0.15) is 5.75 Å². The zero-order valence-electron chi connectivity index (χ0n) is 10.4. The largest absolute Gasteiger partial charge is 0.490 e. The van der Waals surface area contributed by atoms with E-state index in [4.69, 9.17) is 4.74 Å². The highest BCUT2D eigenvalue weighted by Gasteiger charge is 2.19. The molecule has 0 unspecified atom stereocenters. The Bertz CT molecular complexity index is 424. The van der Waals surface area contributed by atoms with Crippen molar-refractivity contribution in [3.8, 4) is 5.75 Å². The van der Waals surface area contributed by atoms with Crippen molar-refractivity contribution in [3.63, 3.8) is 0 Å². The Hall–Kier alpha value is -1.09. The zero-order valence-corrected chi connectivity index (χ0v) is 11.3. The molecule has 0 heterocycles. The van der Waals surface area contributed by atoms with Gasteiger partial charge in [-0.05, 0) is 49.4 Å². The van der Waals surface area contributed by atoms with Crippen molar-refractivity contribution in [1.82, 2.24) is 5.32 Å². The van der Waals surface area contributed by atoms with Crippen LogP contribution in [0.25, 0.3) is 4.91 Å². The van der Waals surface area contributed by atoms with Crippen LogP contribution in [0.3, 0.4) is 0 Å². The quantitative estimate of drug-likeness (QED) is 0.798. The third-order valence-corrected chi connectivity index (χ3v) is 3.48. The van der Waals surface area contributed by atoms with Gasteiger partial charge in [0.05, 0.1) is 6.10 Å². The maximum atomic E-state index is 5.92. The van der Waals surface area contributed by atoms with Crippen LogP contribution in [0.1, 0.15) is 30.4 Å². The predicted molar refractivity (Wildman–Crippen MR) is 75.5 cm³/mol. The lowest BCUT2D eigenvalue weighted by molar-refractivity contribution is 0.119. The summed E-state index contributed by atoms with van der Waals surface area (Å²) < 4.78 is 5.92. The van der Waals surface area contributed by atoms with E-state index in [1.165, 1.54) is 24.8 Å². The molecule has 2 rings (SSSR count). The van der Waals surface area contributed by atoms with Crippen LogP contribution in [0.15, 0.2) is 24.4 Å². The molecule has 0 saturated heterocycles. The molecule has 0 aromatic heterocycles. The van der Waals surface area contributed by atoms with Gasteiger partial charge in [-0.1, -0.05) is 6.07 Å². The monoisotopic (exact) mass is 249 g/mol. The summed E-state index contributed by atoms with van der Waals surface area (Å²) in [6, 6.07) is 6.21. The summed E-state index contributed by atoms with van der Waals surface area (Å²) in [6.45, 7) is 2.08. The lowest BCUT2D eigenvalue weighted by Crippen LogP contribution is -2.24. The highest BCUT2D eigenvalue weighted by atomic mass is 32.1. The van der Waals surface area contributed by atoms with E-state index in [1.54, 1.807) is 0 Å². The van der Waals surface area contributed by atoms with Gasteiger partial charge < -0.3 is 10.1 Å². The van der Waals surface area contributed by atoms with Gasteiger partial charge in [0.2, 0.25) is 0 Å². The van der Waals surface area contributed by atoms with Crippen molar-refractivity contribution in [2.75, 3.05) is 7.05 Å². The average Bonchev–Trinajstić information content (AvgIpc) is 2.25. The number of hydrogen-bond acceptors (Lipinski definition) is 3. The number of benzene rings is 1. The molecular formula is C14H19NOS. The van der Waals surface area contributed by atoms with E-state index < -0.39 is 0 Å². The summed E-state index contributed by atoms with van der Waals surface area (Å²) >= 11 is 4.44. The smallest absolute Gasteiger partial charge is 0.122 e. The second-order valence-corrected chi connectivity index (χ2v) is 4.95. The highest BCUT2D eigenvalue weighted by Crippen LogP contribution is 2.29. The topological polar surface area (TPSA) is 21.3 Å². The molecule has 17 heavy (non-hydrogen) atoms. The van der Waals surface area contributed by atoms with Gasteiger partial charge in [0.25, 0.3) is 0 Å². The van der Waals surface area contributed by atoms with Crippen LogP contribution >= 0.6 is 12.6 Å². The molecule has 0 spiro atoms. The van der Waals surface area contributed by atoms with E-state index in [9.17, 15) is 0 Å². The summed E-state index contributed by atoms with van der Waals surface area (Å²) in [5, 5.41) is 2.98. The number of ether oxygens (including phenoxy) is 1. The Kier molecular flexibility index (Phi) is 4.00. The summed E-state index contributed by atoms with van der Waals surface area (Å²) in [4.78, 5) is 0.936. The molecule has 3 heteroatoms. The van der Waals surface area contributed by atoms with Crippen molar-refractivity contribution in [3.05, 3.63) is 35.5 Å². The maximum absolute atomic E-state index is 5.92. The van der Waals surface area contributed by atoms with Crippen molar-refractivity contribution < 1.29 is 4.74 Å². The first kappa shape index (κ1) is 12.4. The van der Waals surface area contributed by atoms with Gasteiger partial charge in [-0.25, -0.2) is 0 Å². The molecule has 2 nitrogen and oxygen atoms in total. The Balaban J connectivity index is 2.13. The highest BCUT2D eigenvalue weighted by molar-refractivity contribution is 7.90. The maximum Gasteiger partial charge on any atom is 0.122 e. The van der Waals surface area contributed by atoms with E-state index in [0.29, 0.717) is 6.10 Å². The van der Waals surface area contributed by atoms with Gasteiger partial charge in [-0.15, -0.1) is 12.6 Å². The molecule has 0 bridgehead atoms. The third kappa shape index (κ3) is 2.97. The van der Waals surface area contributed by atoms with Crippen LogP contribution in [-0.2, 0) is 0 Å². The number of hydrogen-bond donors (Lipinski definition) is 2. The minimum Gasteiger partial charge on any atom is -0.490 e. The molecule has 1 N–H and O–H groups in total. The van der Waals surface area contributed by atoms with Crippen molar-refractivity contribution >= 4 is 17.5 Å². The molecule has 0 aliphatic heterocycles. The first-order valence-electron chi connectivity index (χ1n) is 6.05. The van der Waals surface area contributed by atoms with Crippen molar-refractivity contribution in [1.29, 1.82) is 0 Å². The Labute approximate surface area is 108 Å². The standard InChI is InChI=1S/C14H19NOS/c1-10-8-11(14(17)9-15-2)6-7-13(10)16-12-4-3-5-12/h6-9,12,15,17H,3-5H2,1-2H3/b14-9-. The minimum atomic E-state index is 0.433.